The van der Waals surface area contributed by atoms with Gasteiger partial charge in [-0.15, -0.1) is 0 Å². The van der Waals surface area contributed by atoms with E-state index in [2.05, 4.69) is 29.1 Å². The van der Waals surface area contributed by atoms with Crippen LogP contribution in [0.3, 0.4) is 0 Å². The zero-order valence-corrected chi connectivity index (χ0v) is 14.1. The third kappa shape index (κ3) is 3.03. The minimum atomic E-state index is -0.682. The SMILES string of the molecule is CC(C)c1nc2ccc(NC(=O)[C@@H]3COc4ccccc4O3)cc2[nH]1. The maximum atomic E-state index is 12.5. The zero-order valence-electron chi connectivity index (χ0n) is 14.1. The van der Waals surface area contributed by atoms with Crippen molar-refractivity contribution < 1.29 is 14.3 Å². The van der Waals surface area contributed by atoms with Crippen molar-refractivity contribution in [2.45, 2.75) is 25.9 Å². The fourth-order valence-corrected chi connectivity index (χ4v) is 2.75. The highest BCUT2D eigenvalue weighted by Gasteiger charge is 2.27. The maximum Gasteiger partial charge on any atom is 0.269 e. The number of rotatable bonds is 3. The molecule has 3 aromatic rings. The molecular weight excluding hydrogens is 318 g/mol. The monoisotopic (exact) mass is 337 g/mol. The Balaban J connectivity index is 1.50. The van der Waals surface area contributed by atoms with Crippen molar-refractivity contribution in [2.24, 2.45) is 0 Å². The molecule has 0 spiro atoms. The molecule has 6 nitrogen and oxygen atoms in total. The number of imidazole rings is 1. The first kappa shape index (κ1) is 15.5. The lowest BCUT2D eigenvalue weighted by Gasteiger charge is -2.25. The van der Waals surface area contributed by atoms with Crippen molar-refractivity contribution in [3.8, 4) is 11.5 Å². The van der Waals surface area contributed by atoms with Gasteiger partial charge in [0.05, 0.1) is 11.0 Å². The molecule has 0 saturated heterocycles. The quantitative estimate of drug-likeness (QED) is 0.767. The highest BCUT2D eigenvalue weighted by Crippen LogP contribution is 2.31. The Bertz CT molecular complexity index is 933. The van der Waals surface area contributed by atoms with E-state index in [1.54, 1.807) is 6.07 Å². The van der Waals surface area contributed by atoms with Gasteiger partial charge in [0.25, 0.3) is 5.91 Å². The third-order valence-electron chi connectivity index (χ3n) is 4.12. The molecule has 0 aliphatic carbocycles. The van der Waals surface area contributed by atoms with Gasteiger partial charge in [-0.3, -0.25) is 4.79 Å². The van der Waals surface area contributed by atoms with E-state index in [-0.39, 0.29) is 12.5 Å². The molecule has 4 rings (SSSR count). The summed E-state index contributed by atoms with van der Waals surface area (Å²) in [4.78, 5) is 20.3. The summed E-state index contributed by atoms with van der Waals surface area (Å²) in [7, 11) is 0. The van der Waals surface area contributed by atoms with Crippen LogP contribution in [0.25, 0.3) is 11.0 Å². The van der Waals surface area contributed by atoms with Crippen LogP contribution in [0.5, 0.6) is 11.5 Å². The summed E-state index contributed by atoms with van der Waals surface area (Å²) in [6, 6.07) is 12.9. The molecule has 0 radical (unpaired) electrons. The molecule has 0 unspecified atom stereocenters. The van der Waals surface area contributed by atoms with E-state index in [4.69, 9.17) is 9.47 Å². The number of aromatic amines is 1. The number of para-hydroxylation sites is 2. The van der Waals surface area contributed by atoms with Crippen molar-refractivity contribution in [3.05, 3.63) is 48.3 Å². The van der Waals surface area contributed by atoms with Crippen LogP contribution in [-0.2, 0) is 4.79 Å². The summed E-state index contributed by atoms with van der Waals surface area (Å²) in [5.74, 6) is 2.25. The van der Waals surface area contributed by atoms with E-state index in [0.717, 1.165) is 16.9 Å². The predicted octanol–water partition coefficient (Wildman–Crippen LogP) is 3.46. The van der Waals surface area contributed by atoms with Gasteiger partial charge in [-0.1, -0.05) is 26.0 Å². The van der Waals surface area contributed by atoms with Gasteiger partial charge in [0.2, 0.25) is 6.10 Å². The first-order valence-corrected chi connectivity index (χ1v) is 8.29. The second-order valence-electron chi connectivity index (χ2n) is 6.36. The van der Waals surface area contributed by atoms with Gasteiger partial charge in [0.1, 0.15) is 12.4 Å². The molecule has 1 aromatic heterocycles. The summed E-state index contributed by atoms with van der Waals surface area (Å²) < 4.78 is 11.3. The van der Waals surface area contributed by atoms with Crippen LogP contribution in [-0.4, -0.2) is 28.6 Å². The van der Waals surface area contributed by atoms with Crippen LogP contribution in [0, 0.1) is 0 Å². The van der Waals surface area contributed by atoms with Gasteiger partial charge in [-0.05, 0) is 30.3 Å². The van der Waals surface area contributed by atoms with E-state index in [0.29, 0.717) is 23.1 Å². The molecular formula is C19H19N3O3. The summed E-state index contributed by atoms with van der Waals surface area (Å²) >= 11 is 0. The number of carbonyl (C=O) groups is 1. The van der Waals surface area contributed by atoms with Gasteiger partial charge in [-0.2, -0.15) is 0 Å². The number of benzene rings is 2. The van der Waals surface area contributed by atoms with Crippen molar-refractivity contribution in [1.82, 2.24) is 9.97 Å². The molecule has 1 amide bonds. The number of fused-ring (bicyclic) bond motifs is 2. The predicted molar refractivity (Wildman–Crippen MR) is 95.2 cm³/mol. The van der Waals surface area contributed by atoms with Gasteiger partial charge in [0, 0.05) is 11.6 Å². The summed E-state index contributed by atoms with van der Waals surface area (Å²) in [5, 5.41) is 2.88. The summed E-state index contributed by atoms with van der Waals surface area (Å²) in [5.41, 5.74) is 2.47. The van der Waals surface area contributed by atoms with Crippen molar-refractivity contribution in [2.75, 3.05) is 11.9 Å². The Morgan fingerprint density at radius 2 is 2.04 bits per heavy atom. The molecule has 2 aromatic carbocycles. The minimum Gasteiger partial charge on any atom is -0.485 e. The second-order valence-corrected chi connectivity index (χ2v) is 6.36. The van der Waals surface area contributed by atoms with Crippen molar-refractivity contribution >= 4 is 22.6 Å². The highest BCUT2D eigenvalue weighted by atomic mass is 16.6. The number of hydrogen-bond acceptors (Lipinski definition) is 4. The van der Waals surface area contributed by atoms with Crippen LogP contribution < -0.4 is 14.8 Å². The van der Waals surface area contributed by atoms with Crippen LogP contribution >= 0.6 is 0 Å². The summed E-state index contributed by atoms with van der Waals surface area (Å²) in [6.07, 6.45) is -0.682. The topological polar surface area (TPSA) is 76.2 Å². The van der Waals surface area contributed by atoms with Gasteiger partial charge in [0.15, 0.2) is 11.5 Å². The number of nitrogens with zero attached hydrogens (tertiary/aromatic N) is 1. The Morgan fingerprint density at radius 3 is 2.84 bits per heavy atom. The smallest absolute Gasteiger partial charge is 0.269 e. The normalized spacial score (nSPS) is 16.2. The molecule has 6 heteroatoms. The lowest BCUT2D eigenvalue weighted by Crippen LogP contribution is -2.40. The molecule has 2 heterocycles. The largest absolute Gasteiger partial charge is 0.485 e. The minimum absolute atomic E-state index is 0.187. The van der Waals surface area contributed by atoms with E-state index in [9.17, 15) is 4.79 Å². The molecule has 2 N–H and O–H groups in total. The number of nitrogens with one attached hydrogen (secondary N) is 2. The summed E-state index contributed by atoms with van der Waals surface area (Å²) in [6.45, 7) is 4.35. The number of hydrogen-bond donors (Lipinski definition) is 2. The van der Waals surface area contributed by atoms with Gasteiger partial charge >= 0.3 is 0 Å². The van der Waals surface area contributed by atoms with Gasteiger partial charge < -0.3 is 19.8 Å². The Hall–Kier alpha value is -3.02. The average molecular weight is 337 g/mol. The van der Waals surface area contributed by atoms with Crippen LogP contribution in [0.15, 0.2) is 42.5 Å². The average Bonchev–Trinajstić information content (AvgIpc) is 3.05. The lowest BCUT2D eigenvalue weighted by molar-refractivity contribution is -0.125. The van der Waals surface area contributed by atoms with Crippen LogP contribution in [0.2, 0.25) is 0 Å². The molecule has 0 fully saturated rings. The Morgan fingerprint density at radius 1 is 1.24 bits per heavy atom. The van der Waals surface area contributed by atoms with E-state index < -0.39 is 6.10 Å². The van der Waals surface area contributed by atoms with Crippen LogP contribution in [0.1, 0.15) is 25.6 Å². The lowest BCUT2D eigenvalue weighted by atomic mass is 10.2. The van der Waals surface area contributed by atoms with Crippen molar-refractivity contribution in [1.29, 1.82) is 0 Å². The first-order valence-electron chi connectivity index (χ1n) is 8.29. The van der Waals surface area contributed by atoms with Crippen molar-refractivity contribution in [3.63, 3.8) is 0 Å². The number of ether oxygens (including phenoxy) is 2. The molecule has 1 atom stereocenters. The van der Waals surface area contributed by atoms with Gasteiger partial charge in [-0.25, -0.2) is 4.98 Å². The van der Waals surface area contributed by atoms with E-state index in [1.807, 2.05) is 36.4 Å². The standard InChI is InChI=1S/C19H19N3O3/c1-11(2)18-21-13-8-7-12(9-14(13)22-18)20-19(23)17-10-24-15-5-3-4-6-16(15)25-17/h3-9,11,17H,10H2,1-2H3,(H,20,23)(H,21,22)/t17-/m0/s1. The molecule has 128 valence electrons. The second kappa shape index (κ2) is 6.12. The Kier molecular flexibility index (Phi) is 3.80. The number of amides is 1. The number of anilines is 1. The number of carbonyl (C=O) groups excluding carboxylic acids is 1. The number of aromatic nitrogens is 2. The molecule has 0 saturated carbocycles. The van der Waals surface area contributed by atoms with Crippen LogP contribution in [0.4, 0.5) is 5.69 Å². The van der Waals surface area contributed by atoms with E-state index >= 15 is 0 Å². The zero-order chi connectivity index (χ0) is 17.4. The molecule has 1 aliphatic heterocycles. The molecule has 1 aliphatic rings. The fraction of sp³-hybridized carbons (Fsp3) is 0.263. The third-order valence-corrected chi connectivity index (χ3v) is 4.12. The maximum absolute atomic E-state index is 12.5. The van der Waals surface area contributed by atoms with E-state index in [1.165, 1.54) is 0 Å². The number of H-pyrrole nitrogens is 1. The molecule has 0 bridgehead atoms. The Labute approximate surface area is 145 Å². The highest BCUT2D eigenvalue weighted by molar-refractivity contribution is 5.96. The first-order chi connectivity index (χ1) is 12.1. The fourth-order valence-electron chi connectivity index (χ4n) is 2.75. The molecule has 25 heavy (non-hydrogen) atoms.